The van der Waals surface area contributed by atoms with Gasteiger partial charge in [-0.1, -0.05) is 24.3 Å². The molecule has 0 saturated heterocycles. The third kappa shape index (κ3) is 5.26. The fraction of sp³-hybridized carbons (Fsp3) is 0.235. The molecule has 0 atom stereocenters. The molecule has 2 aromatic rings. The van der Waals surface area contributed by atoms with Crippen LogP contribution >= 0.6 is 0 Å². The Hall–Kier alpha value is -2.57. The molecule has 1 amide bonds. The summed E-state index contributed by atoms with van der Waals surface area (Å²) in [7, 11) is 0. The molecule has 0 unspecified atom stereocenters. The minimum atomic E-state index is -4.48. The van der Waals surface area contributed by atoms with Crippen LogP contribution in [-0.4, -0.2) is 19.0 Å². The van der Waals surface area contributed by atoms with Gasteiger partial charge in [-0.3, -0.25) is 4.79 Å². The number of alkyl halides is 3. The first-order chi connectivity index (χ1) is 11.4. The van der Waals surface area contributed by atoms with Crippen molar-refractivity contribution in [2.45, 2.75) is 12.6 Å². The molecule has 0 heterocycles. The molecule has 128 valence electrons. The number of hydrogen-bond acceptors (Lipinski definition) is 2. The number of anilines is 1. The van der Waals surface area contributed by atoms with Crippen LogP contribution in [0.3, 0.4) is 0 Å². The summed E-state index contributed by atoms with van der Waals surface area (Å²) < 4.78 is 51.2. The van der Waals surface area contributed by atoms with Gasteiger partial charge in [0.2, 0.25) is 5.91 Å². The maximum Gasteiger partial charge on any atom is 0.418 e. The van der Waals surface area contributed by atoms with Gasteiger partial charge in [0, 0.05) is 12.2 Å². The maximum absolute atomic E-state index is 12.8. The smallest absolute Gasteiger partial charge is 0.376 e. The summed E-state index contributed by atoms with van der Waals surface area (Å²) in [6.45, 7) is 0.0452. The van der Waals surface area contributed by atoms with E-state index < -0.39 is 17.6 Å². The Labute approximate surface area is 136 Å². The molecule has 0 fully saturated rings. The Morgan fingerprint density at radius 1 is 1.00 bits per heavy atom. The molecule has 2 rings (SSSR count). The van der Waals surface area contributed by atoms with Crippen molar-refractivity contribution < 1.29 is 22.4 Å². The van der Waals surface area contributed by atoms with E-state index in [0.717, 1.165) is 11.6 Å². The minimum absolute atomic E-state index is 0.140. The molecule has 24 heavy (non-hydrogen) atoms. The number of nitrogens with one attached hydrogen (secondary N) is 2. The minimum Gasteiger partial charge on any atom is -0.376 e. The van der Waals surface area contributed by atoms with Crippen molar-refractivity contribution >= 4 is 11.6 Å². The van der Waals surface area contributed by atoms with Gasteiger partial charge in [0.1, 0.15) is 5.82 Å². The van der Waals surface area contributed by atoms with Gasteiger partial charge in [-0.05, 0) is 36.2 Å². The van der Waals surface area contributed by atoms with Crippen LogP contribution in [0.1, 0.15) is 11.1 Å². The lowest BCUT2D eigenvalue weighted by atomic mass is 10.1. The molecule has 0 aliphatic rings. The van der Waals surface area contributed by atoms with Gasteiger partial charge in [-0.15, -0.1) is 0 Å². The van der Waals surface area contributed by atoms with E-state index in [-0.39, 0.29) is 18.0 Å². The molecule has 2 N–H and O–H groups in total. The standard InChI is InChI=1S/C17H16F4N2O/c18-13-7-5-12(6-8-13)9-10-22-16(24)11-23-15-4-2-1-3-14(15)17(19,20)21/h1-8,23H,9-11H2,(H,22,24). The lowest BCUT2D eigenvalue weighted by Crippen LogP contribution is -2.31. The fourth-order valence-corrected chi connectivity index (χ4v) is 2.12. The first-order valence-electron chi connectivity index (χ1n) is 7.27. The highest BCUT2D eigenvalue weighted by atomic mass is 19.4. The highest BCUT2D eigenvalue weighted by molar-refractivity contribution is 5.81. The Bertz CT molecular complexity index is 684. The molecule has 0 radical (unpaired) electrons. The Kier molecular flexibility index (Phi) is 5.78. The number of halogens is 4. The Balaban J connectivity index is 1.80. The quantitative estimate of drug-likeness (QED) is 0.789. The number of para-hydroxylation sites is 1. The number of amides is 1. The molecular formula is C17H16F4N2O. The molecule has 0 aromatic heterocycles. The van der Waals surface area contributed by atoms with E-state index in [0.29, 0.717) is 13.0 Å². The molecule has 0 saturated carbocycles. The third-order valence-electron chi connectivity index (χ3n) is 3.32. The molecule has 0 aliphatic carbocycles. The van der Waals surface area contributed by atoms with Crippen molar-refractivity contribution in [3.05, 3.63) is 65.5 Å². The summed E-state index contributed by atoms with van der Waals surface area (Å²) in [6.07, 6.45) is -3.98. The van der Waals surface area contributed by atoms with Gasteiger partial charge in [-0.2, -0.15) is 13.2 Å². The lowest BCUT2D eigenvalue weighted by Gasteiger charge is -2.14. The van der Waals surface area contributed by atoms with Crippen LogP contribution in [0.15, 0.2) is 48.5 Å². The maximum atomic E-state index is 12.8. The van der Waals surface area contributed by atoms with Crippen molar-refractivity contribution in [3.8, 4) is 0 Å². The van der Waals surface area contributed by atoms with E-state index in [2.05, 4.69) is 10.6 Å². The van der Waals surface area contributed by atoms with Crippen LogP contribution in [0.5, 0.6) is 0 Å². The molecule has 0 aliphatic heterocycles. The largest absolute Gasteiger partial charge is 0.418 e. The van der Waals surface area contributed by atoms with Crippen molar-refractivity contribution in [2.75, 3.05) is 18.4 Å². The highest BCUT2D eigenvalue weighted by Gasteiger charge is 2.33. The summed E-state index contributed by atoms with van der Waals surface area (Å²) in [4.78, 5) is 11.7. The predicted molar refractivity (Wildman–Crippen MR) is 83.0 cm³/mol. The van der Waals surface area contributed by atoms with Crippen LogP contribution in [0.4, 0.5) is 23.2 Å². The molecule has 2 aromatic carbocycles. The third-order valence-corrected chi connectivity index (χ3v) is 3.32. The monoisotopic (exact) mass is 340 g/mol. The first kappa shape index (κ1) is 17.8. The van der Waals surface area contributed by atoms with Gasteiger partial charge in [0.15, 0.2) is 0 Å². The van der Waals surface area contributed by atoms with Crippen LogP contribution in [0.25, 0.3) is 0 Å². The summed E-state index contributed by atoms with van der Waals surface area (Å²) in [5.74, 6) is -0.760. The average molecular weight is 340 g/mol. The zero-order valence-corrected chi connectivity index (χ0v) is 12.7. The molecule has 7 heteroatoms. The van der Waals surface area contributed by atoms with Crippen molar-refractivity contribution in [3.63, 3.8) is 0 Å². The number of hydrogen-bond donors (Lipinski definition) is 2. The number of rotatable bonds is 6. The van der Waals surface area contributed by atoms with Gasteiger partial charge >= 0.3 is 6.18 Å². The van der Waals surface area contributed by atoms with Gasteiger partial charge < -0.3 is 10.6 Å². The Morgan fingerprint density at radius 3 is 2.33 bits per heavy atom. The normalized spacial score (nSPS) is 11.2. The fourth-order valence-electron chi connectivity index (χ4n) is 2.12. The van der Waals surface area contributed by atoms with E-state index in [1.165, 1.54) is 30.3 Å². The topological polar surface area (TPSA) is 41.1 Å². The second-order valence-electron chi connectivity index (χ2n) is 5.12. The predicted octanol–water partition coefficient (Wildman–Crippen LogP) is 3.62. The van der Waals surface area contributed by atoms with Gasteiger partial charge in [0.25, 0.3) is 0 Å². The van der Waals surface area contributed by atoms with Crippen molar-refractivity contribution in [1.82, 2.24) is 5.32 Å². The summed E-state index contributed by atoms with van der Waals surface area (Å²) >= 11 is 0. The molecular weight excluding hydrogens is 324 g/mol. The lowest BCUT2D eigenvalue weighted by molar-refractivity contribution is -0.137. The van der Waals surface area contributed by atoms with E-state index in [1.807, 2.05) is 0 Å². The van der Waals surface area contributed by atoms with Crippen molar-refractivity contribution in [2.24, 2.45) is 0 Å². The molecule has 0 spiro atoms. The van der Waals surface area contributed by atoms with E-state index >= 15 is 0 Å². The average Bonchev–Trinajstić information content (AvgIpc) is 2.54. The molecule has 0 bridgehead atoms. The first-order valence-corrected chi connectivity index (χ1v) is 7.27. The van der Waals surface area contributed by atoms with Crippen LogP contribution in [0.2, 0.25) is 0 Å². The van der Waals surface area contributed by atoms with E-state index in [9.17, 15) is 22.4 Å². The zero-order chi connectivity index (χ0) is 17.6. The second-order valence-corrected chi connectivity index (χ2v) is 5.12. The number of carbonyl (C=O) groups is 1. The summed E-state index contributed by atoms with van der Waals surface area (Å²) in [5, 5.41) is 5.09. The van der Waals surface area contributed by atoms with E-state index in [1.54, 1.807) is 12.1 Å². The van der Waals surface area contributed by atoms with Crippen molar-refractivity contribution in [1.29, 1.82) is 0 Å². The van der Waals surface area contributed by atoms with E-state index in [4.69, 9.17) is 0 Å². The Morgan fingerprint density at radius 2 is 1.67 bits per heavy atom. The summed E-state index contributed by atoms with van der Waals surface area (Å²) in [6, 6.07) is 10.8. The van der Waals surface area contributed by atoms with Crippen LogP contribution in [-0.2, 0) is 17.4 Å². The SMILES string of the molecule is O=C(CNc1ccccc1C(F)(F)F)NCCc1ccc(F)cc1. The molecule has 3 nitrogen and oxygen atoms in total. The van der Waals surface area contributed by atoms with Crippen LogP contribution in [0, 0.1) is 5.82 Å². The van der Waals surface area contributed by atoms with Gasteiger partial charge in [0.05, 0.1) is 12.1 Å². The number of benzene rings is 2. The number of carbonyl (C=O) groups excluding carboxylic acids is 1. The summed E-state index contributed by atoms with van der Waals surface area (Å²) in [5.41, 5.74) is -0.102. The highest BCUT2D eigenvalue weighted by Crippen LogP contribution is 2.34. The van der Waals surface area contributed by atoms with Crippen LogP contribution < -0.4 is 10.6 Å². The second kappa shape index (κ2) is 7.81. The van der Waals surface area contributed by atoms with Gasteiger partial charge in [-0.25, -0.2) is 4.39 Å². The zero-order valence-electron chi connectivity index (χ0n) is 12.7.